The molecule has 0 aromatic rings. The number of esters is 1. The minimum Gasteiger partial charge on any atom is -0.467 e. The second kappa shape index (κ2) is 7.44. The van der Waals surface area contributed by atoms with Crippen LogP contribution in [0.15, 0.2) is 0 Å². The highest BCUT2D eigenvalue weighted by Crippen LogP contribution is 2.01. The summed E-state index contributed by atoms with van der Waals surface area (Å²) in [6, 6.07) is 1.83. The van der Waals surface area contributed by atoms with Gasteiger partial charge in [-0.15, -0.1) is 0 Å². The Morgan fingerprint density at radius 1 is 1.69 bits per heavy atom. The maximum absolute atomic E-state index is 11.1. The van der Waals surface area contributed by atoms with Crippen molar-refractivity contribution in [1.29, 1.82) is 0 Å². The number of carbonyl (C=O) groups is 1. The number of methoxy groups -OCH3 is 1. The molecule has 0 heterocycles. The van der Waals surface area contributed by atoms with Crippen molar-refractivity contribution in [3.63, 3.8) is 0 Å². The van der Waals surface area contributed by atoms with E-state index in [1.54, 1.807) is 0 Å². The molecule has 0 spiro atoms. The summed E-state index contributed by atoms with van der Waals surface area (Å²) in [6.45, 7) is 0.629. The van der Waals surface area contributed by atoms with Crippen LogP contribution >= 0.6 is 0 Å². The average Bonchev–Trinajstić information content (AvgIpc) is 2.16. The first-order valence-corrected chi connectivity index (χ1v) is 4.25. The molecule has 0 aliphatic carbocycles. The van der Waals surface area contributed by atoms with Gasteiger partial charge in [-0.25, -0.2) is 4.79 Å². The first-order chi connectivity index (χ1) is 6.26. The largest absolute Gasteiger partial charge is 0.467 e. The standard InChI is InChI=1S/C9H16N2O2/c1-3-11-8(9(12)13-2)6-4-5-7-10/h1,8,11H,4-7,10H2,2H3. The smallest absolute Gasteiger partial charge is 0.328 e. The molecule has 0 fully saturated rings. The van der Waals surface area contributed by atoms with E-state index >= 15 is 0 Å². The summed E-state index contributed by atoms with van der Waals surface area (Å²) in [5.74, 6) is -0.324. The molecule has 0 aromatic carbocycles. The minimum absolute atomic E-state index is 0.324. The summed E-state index contributed by atoms with van der Waals surface area (Å²) in [4.78, 5) is 11.1. The van der Waals surface area contributed by atoms with E-state index in [-0.39, 0.29) is 5.97 Å². The quantitative estimate of drug-likeness (QED) is 0.260. The number of unbranched alkanes of at least 4 members (excludes halogenated alkanes) is 1. The van der Waals surface area contributed by atoms with Gasteiger partial charge in [-0.3, -0.25) is 0 Å². The van der Waals surface area contributed by atoms with Crippen LogP contribution in [0.4, 0.5) is 0 Å². The van der Waals surface area contributed by atoms with Gasteiger partial charge in [0.05, 0.1) is 7.11 Å². The highest BCUT2D eigenvalue weighted by molar-refractivity contribution is 5.75. The van der Waals surface area contributed by atoms with Crippen LogP contribution in [0.2, 0.25) is 0 Å². The second-order valence-electron chi connectivity index (χ2n) is 2.65. The Hall–Kier alpha value is -1.21. The maximum atomic E-state index is 11.1. The second-order valence-corrected chi connectivity index (χ2v) is 2.65. The van der Waals surface area contributed by atoms with Gasteiger partial charge in [0, 0.05) is 6.04 Å². The van der Waals surface area contributed by atoms with Crippen LogP contribution in [-0.2, 0) is 9.53 Å². The van der Waals surface area contributed by atoms with Crippen LogP contribution in [0.25, 0.3) is 0 Å². The van der Waals surface area contributed by atoms with Gasteiger partial charge in [-0.1, -0.05) is 6.42 Å². The van der Waals surface area contributed by atoms with Crippen LogP contribution in [0.1, 0.15) is 19.3 Å². The summed E-state index contributed by atoms with van der Waals surface area (Å²) >= 11 is 0. The molecule has 0 radical (unpaired) electrons. The molecule has 4 nitrogen and oxygen atoms in total. The molecular formula is C9H16N2O2. The van der Waals surface area contributed by atoms with Crippen molar-refractivity contribution in [1.82, 2.24) is 5.32 Å². The van der Waals surface area contributed by atoms with E-state index in [1.807, 2.05) is 0 Å². The summed E-state index contributed by atoms with van der Waals surface area (Å²) in [5, 5.41) is 2.60. The molecule has 0 amide bonds. The zero-order chi connectivity index (χ0) is 10.1. The molecule has 4 heteroatoms. The number of hydrogen-bond acceptors (Lipinski definition) is 4. The lowest BCUT2D eigenvalue weighted by Crippen LogP contribution is -2.34. The van der Waals surface area contributed by atoms with E-state index in [9.17, 15) is 4.79 Å². The summed E-state index contributed by atoms with van der Waals surface area (Å²) < 4.78 is 4.57. The SMILES string of the molecule is C#CNC(CCCCN)C(=O)OC. The fraction of sp³-hybridized carbons (Fsp3) is 0.667. The molecule has 1 unspecified atom stereocenters. The minimum atomic E-state index is -0.401. The van der Waals surface area contributed by atoms with E-state index in [2.05, 4.69) is 16.1 Å². The number of carbonyl (C=O) groups excluding carboxylic acids is 1. The number of terminal acetylenes is 1. The lowest BCUT2D eigenvalue weighted by Gasteiger charge is -2.12. The Kier molecular flexibility index (Phi) is 6.75. The van der Waals surface area contributed by atoms with Crippen molar-refractivity contribution in [2.24, 2.45) is 5.73 Å². The topological polar surface area (TPSA) is 64.3 Å². The first-order valence-electron chi connectivity index (χ1n) is 4.25. The lowest BCUT2D eigenvalue weighted by molar-refractivity contribution is -0.142. The Morgan fingerprint density at radius 2 is 2.38 bits per heavy atom. The molecule has 0 aliphatic rings. The van der Waals surface area contributed by atoms with Gasteiger partial charge < -0.3 is 15.8 Å². The molecule has 0 bridgehead atoms. The monoisotopic (exact) mass is 184 g/mol. The molecule has 0 rings (SSSR count). The van der Waals surface area contributed by atoms with Gasteiger partial charge >= 0.3 is 5.97 Å². The molecule has 3 N–H and O–H groups in total. The van der Waals surface area contributed by atoms with Crippen LogP contribution in [0.3, 0.4) is 0 Å². The van der Waals surface area contributed by atoms with Crippen molar-refractivity contribution >= 4 is 5.97 Å². The lowest BCUT2D eigenvalue weighted by atomic mass is 10.1. The van der Waals surface area contributed by atoms with Gasteiger partial charge in [0.25, 0.3) is 0 Å². The third-order valence-electron chi connectivity index (χ3n) is 1.69. The van der Waals surface area contributed by atoms with Crippen molar-refractivity contribution in [2.75, 3.05) is 13.7 Å². The van der Waals surface area contributed by atoms with Gasteiger partial charge in [-0.2, -0.15) is 0 Å². The number of hydrogen-bond donors (Lipinski definition) is 2. The molecule has 0 saturated carbocycles. The zero-order valence-electron chi connectivity index (χ0n) is 7.88. The van der Waals surface area contributed by atoms with Crippen LogP contribution in [0.5, 0.6) is 0 Å². The van der Waals surface area contributed by atoms with Crippen molar-refractivity contribution < 1.29 is 9.53 Å². The van der Waals surface area contributed by atoms with Crippen molar-refractivity contribution in [2.45, 2.75) is 25.3 Å². The predicted molar refractivity (Wildman–Crippen MR) is 50.7 cm³/mol. The zero-order valence-corrected chi connectivity index (χ0v) is 7.88. The highest BCUT2D eigenvalue weighted by atomic mass is 16.5. The molecule has 0 aliphatic heterocycles. The predicted octanol–water partition coefficient (Wildman–Crippen LogP) is -0.163. The fourth-order valence-electron chi connectivity index (χ4n) is 0.985. The Labute approximate surface area is 78.8 Å². The van der Waals surface area contributed by atoms with Crippen LogP contribution in [0, 0.1) is 12.5 Å². The molecule has 0 aromatic heterocycles. The van der Waals surface area contributed by atoms with Crippen LogP contribution in [-0.4, -0.2) is 25.7 Å². The molecule has 0 saturated heterocycles. The van der Waals surface area contributed by atoms with Crippen LogP contribution < -0.4 is 11.1 Å². The number of nitrogens with two attached hydrogens (primary N) is 1. The summed E-state index contributed by atoms with van der Waals surface area (Å²) in [5.41, 5.74) is 5.32. The number of rotatable bonds is 6. The first kappa shape index (κ1) is 11.8. The van der Waals surface area contributed by atoms with Gasteiger partial charge in [0.2, 0.25) is 0 Å². The summed E-state index contributed by atoms with van der Waals surface area (Å²) in [6.07, 6.45) is 7.45. The highest BCUT2D eigenvalue weighted by Gasteiger charge is 2.16. The van der Waals surface area contributed by atoms with E-state index < -0.39 is 6.04 Å². The molecular weight excluding hydrogens is 168 g/mol. The third-order valence-corrected chi connectivity index (χ3v) is 1.69. The van der Waals surface area contributed by atoms with Crippen molar-refractivity contribution in [3.05, 3.63) is 0 Å². The Morgan fingerprint density at radius 3 is 2.85 bits per heavy atom. The Balaban J connectivity index is 3.81. The van der Waals surface area contributed by atoms with Crippen molar-refractivity contribution in [3.8, 4) is 12.5 Å². The van der Waals surface area contributed by atoms with E-state index in [0.29, 0.717) is 13.0 Å². The average molecular weight is 184 g/mol. The van der Waals surface area contributed by atoms with E-state index in [0.717, 1.165) is 12.8 Å². The van der Waals surface area contributed by atoms with E-state index in [1.165, 1.54) is 7.11 Å². The molecule has 1 atom stereocenters. The third kappa shape index (κ3) is 5.10. The van der Waals surface area contributed by atoms with Gasteiger partial charge in [0.1, 0.15) is 6.04 Å². The normalized spacial score (nSPS) is 11.5. The Bertz CT molecular complexity index is 187. The number of ether oxygens (including phenoxy) is 1. The molecule has 13 heavy (non-hydrogen) atoms. The fourth-order valence-corrected chi connectivity index (χ4v) is 0.985. The number of nitrogens with one attached hydrogen (secondary N) is 1. The van der Waals surface area contributed by atoms with Gasteiger partial charge in [0.15, 0.2) is 0 Å². The van der Waals surface area contributed by atoms with E-state index in [4.69, 9.17) is 12.2 Å². The molecule has 74 valence electrons. The maximum Gasteiger partial charge on any atom is 0.328 e. The summed E-state index contributed by atoms with van der Waals surface area (Å²) in [7, 11) is 1.34. The van der Waals surface area contributed by atoms with Gasteiger partial charge in [-0.05, 0) is 25.8 Å².